The van der Waals surface area contributed by atoms with Crippen LogP contribution in [0.3, 0.4) is 0 Å². The van der Waals surface area contributed by atoms with Crippen LogP contribution in [0.2, 0.25) is 0 Å². The number of imidazole rings is 1. The molecule has 0 radical (unpaired) electrons. The Hall–Kier alpha value is -1.61. The van der Waals surface area contributed by atoms with Gasteiger partial charge in [0.25, 0.3) is 0 Å². The Morgan fingerprint density at radius 1 is 1.17 bits per heavy atom. The average Bonchev–Trinajstić information content (AvgIpc) is 3.20. The summed E-state index contributed by atoms with van der Waals surface area (Å²) in [6.07, 6.45) is 9.18. The number of hydrogen-bond donors (Lipinski definition) is 2. The summed E-state index contributed by atoms with van der Waals surface area (Å²) in [5, 5.41) is 6.86. The minimum absolute atomic E-state index is 0. The fourth-order valence-electron chi connectivity index (χ4n) is 4.04. The number of likely N-dealkylation sites (tertiary alicyclic amines) is 1. The second kappa shape index (κ2) is 13.6. The van der Waals surface area contributed by atoms with Crippen molar-refractivity contribution in [2.45, 2.75) is 58.7 Å². The number of aromatic nitrogens is 2. The Bertz CT molecular complexity index is 745. The molecule has 1 aromatic heterocycles. The van der Waals surface area contributed by atoms with Crippen LogP contribution in [-0.2, 0) is 13.1 Å². The first-order valence-electron chi connectivity index (χ1n) is 11.1. The van der Waals surface area contributed by atoms with E-state index in [1.807, 2.05) is 18.5 Å². The van der Waals surface area contributed by atoms with Gasteiger partial charge >= 0.3 is 0 Å². The maximum absolute atomic E-state index is 4.77. The molecule has 2 heterocycles. The number of nitrogens with one attached hydrogen (secondary N) is 2. The summed E-state index contributed by atoms with van der Waals surface area (Å²) in [5.74, 6) is 1.85. The second-order valence-corrected chi connectivity index (χ2v) is 7.67. The van der Waals surface area contributed by atoms with Crippen LogP contribution in [0.1, 0.15) is 50.9 Å². The molecular weight excluding hydrogens is 487 g/mol. The quantitative estimate of drug-likeness (QED) is 0.297. The third-order valence-corrected chi connectivity index (χ3v) is 5.63. The lowest BCUT2D eigenvalue weighted by atomic mass is 10.0. The molecule has 30 heavy (non-hydrogen) atoms. The molecule has 1 atom stereocenters. The number of aliphatic imine (C=N–C) groups is 1. The zero-order valence-corrected chi connectivity index (χ0v) is 20.7. The molecule has 1 saturated heterocycles. The fourth-order valence-corrected chi connectivity index (χ4v) is 4.04. The molecule has 0 aliphatic carbocycles. The molecule has 0 bridgehead atoms. The van der Waals surface area contributed by atoms with Crippen LogP contribution in [-0.4, -0.2) is 52.6 Å². The third kappa shape index (κ3) is 7.58. The molecule has 2 aromatic rings. The number of benzene rings is 1. The molecule has 1 aliphatic heterocycles. The van der Waals surface area contributed by atoms with Crippen molar-refractivity contribution in [2.24, 2.45) is 4.99 Å². The van der Waals surface area contributed by atoms with Crippen molar-refractivity contribution in [3.63, 3.8) is 0 Å². The zero-order valence-electron chi connectivity index (χ0n) is 18.4. The largest absolute Gasteiger partial charge is 0.357 e. The molecule has 7 heteroatoms. The Morgan fingerprint density at radius 3 is 2.77 bits per heavy atom. The molecule has 0 amide bonds. The molecular formula is C23H37IN6. The summed E-state index contributed by atoms with van der Waals surface area (Å²) in [6, 6.07) is 11.2. The summed E-state index contributed by atoms with van der Waals surface area (Å²) in [7, 11) is 0. The van der Waals surface area contributed by atoms with Gasteiger partial charge in [-0.25, -0.2) is 9.98 Å². The average molecular weight is 524 g/mol. The van der Waals surface area contributed by atoms with Crippen molar-refractivity contribution in [1.82, 2.24) is 25.1 Å². The third-order valence-electron chi connectivity index (χ3n) is 5.63. The van der Waals surface area contributed by atoms with Gasteiger partial charge in [-0.2, -0.15) is 0 Å². The summed E-state index contributed by atoms with van der Waals surface area (Å²) in [6.45, 7) is 9.87. The predicted molar refractivity (Wildman–Crippen MR) is 136 cm³/mol. The van der Waals surface area contributed by atoms with E-state index in [1.165, 1.54) is 37.8 Å². The maximum Gasteiger partial charge on any atom is 0.191 e. The molecule has 1 aliphatic rings. The van der Waals surface area contributed by atoms with E-state index in [0.29, 0.717) is 6.54 Å². The van der Waals surface area contributed by atoms with Crippen molar-refractivity contribution >= 4 is 29.9 Å². The van der Waals surface area contributed by atoms with Gasteiger partial charge in [0, 0.05) is 44.6 Å². The molecule has 1 fully saturated rings. The van der Waals surface area contributed by atoms with Crippen LogP contribution >= 0.6 is 24.0 Å². The Balaban J connectivity index is 0.00000320. The lowest BCUT2D eigenvalue weighted by Gasteiger charge is -2.35. The minimum atomic E-state index is 0. The molecule has 0 saturated carbocycles. The van der Waals surface area contributed by atoms with Gasteiger partial charge in [-0.3, -0.25) is 4.90 Å². The second-order valence-electron chi connectivity index (χ2n) is 7.67. The van der Waals surface area contributed by atoms with Gasteiger partial charge in [0.2, 0.25) is 0 Å². The topological polar surface area (TPSA) is 57.5 Å². The molecule has 0 spiro atoms. The minimum Gasteiger partial charge on any atom is -0.357 e. The van der Waals surface area contributed by atoms with Gasteiger partial charge in [-0.1, -0.05) is 43.7 Å². The summed E-state index contributed by atoms with van der Waals surface area (Å²) >= 11 is 0. The van der Waals surface area contributed by atoms with E-state index < -0.39 is 0 Å². The van der Waals surface area contributed by atoms with Crippen LogP contribution in [0, 0.1) is 0 Å². The summed E-state index contributed by atoms with van der Waals surface area (Å²) in [5.41, 5.74) is 1.27. The normalized spacial score (nSPS) is 17.4. The standard InChI is InChI=1S/C23H36N6.HI/c1-3-21-12-8-9-15-28(21)16-14-26-23(24-4-2)27-18-22-25-13-17-29(22)19-20-10-6-5-7-11-20;/h5-7,10-11,13,17,21H,3-4,8-9,12,14-16,18-19H2,1-2H3,(H2,24,26,27);1H. The van der Waals surface area contributed by atoms with Gasteiger partial charge in [-0.15, -0.1) is 24.0 Å². The van der Waals surface area contributed by atoms with Gasteiger partial charge in [0.15, 0.2) is 5.96 Å². The molecule has 6 nitrogen and oxygen atoms in total. The maximum atomic E-state index is 4.77. The Morgan fingerprint density at radius 2 is 2.00 bits per heavy atom. The fraction of sp³-hybridized carbons (Fsp3) is 0.565. The van der Waals surface area contributed by atoms with Crippen LogP contribution in [0.15, 0.2) is 47.7 Å². The first kappa shape index (κ1) is 24.7. The smallest absolute Gasteiger partial charge is 0.191 e. The van der Waals surface area contributed by atoms with Gasteiger partial charge < -0.3 is 15.2 Å². The number of guanidine groups is 1. The van der Waals surface area contributed by atoms with E-state index in [0.717, 1.165) is 44.0 Å². The number of halogens is 1. The number of piperidine rings is 1. The van der Waals surface area contributed by atoms with E-state index in [4.69, 9.17) is 4.99 Å². The highest BCUT2D eigenvalue weighted by Gasteiger charge is 2.19. The first-order valence-corrected chi connectivity index (χ1v) is 11.1. The SMILES string of the molecule is CCNC(=NCc1nccn1Cc1ccccc1)NCCN1CCCCC1CC.I. The Kier molecular flexibility index (Phi) is 11.2. The highest BCUT2D eigenvalue weighted by atomic mass is 127. The van der Waals surface area contributed by atoms with Crippen molar-refractivity contribution in [1.29, 1.82) is 0 Å². The monoisotopic (exact) mass is 524 g/mol. The highest BCUT2D eigenvalue weighted by molar-refractivity contribution is 14.0. The number of nitrogens with zero attached hydrogens (tertiary/aromatic N) is 4. The first-order chi connectivity index (χ1) is 14.3. The van der Waals surface area contributed by atoms with Crippen molar-refractivity contribution in [2.75, 3.05) is 26.2 Å². The van der Waals surface area contributed by atoms with Gasteiger partial charge in [0.05, 0.1) is 0 Å². The van der Waals surface area contributed by atoms with E-state index in [1.54, 1.807) is 0 Å². The van der Waals surface area contributed by atoms with Crippen molar-refractivity contribution < 1.29 is 0 Å². The van der Waals surface area contributed by atoms with Crippen LogP contribution in [0.25, 0.3) is 0 Å². The van der Waals surface area contributed by atoms with Gasteiger partial charge in [-0.05, 0) is 38.3 Å². The van der Waals surface area contributed by atoms with Crippen molar-refractivity contribution in [3.8, 4) is 0 Å². The molecule has 1 unspecified atom stereocenters. The highest BCUT2D eigenvalue weighted by Crippen LogP contribution is 2.18. The molecule has 3 rings (SSSR count). The summed E-state index contributed by atoms with van der Waals surface area (Å²) < 4.78 is 2.17. The molecule has 1 aromatic carbocycles. The predicted octanol–water partition coefficient (Wildman–Crippen LogP) is 3.87. The van der Waals surface area contributed by atoms with Gasteiger partial charge in [0.1, 0.15) is 12.4 Å². The molecule has 166 valence electrons. The van der Waals surface area contributed by atoms with Crippen LogP contribution in [0.4, 0.5) is 0 Å². The van der Waals surface area contributed by atoms with E-state index >= 15 is 0 Å². The van der Waals surface area contributed by atoms with Crippen molar-refractivity contribution in [3.05, 3.63) is 54.1 Å². The molecule has 2 N–H and O–H groups in total. The van der Waals surface area contributed by atoms with Crippen LogP contribution < -0.4 is 10.6 Å². The number of hydrogen-bond acceptors (Lipinski definition) is 3. The Labute approximate surface area is 198 Å². The number of rotatable bonds is 9. The van der Waals surface area contributed by atoms with E-state index in [-0.39, 0.29) is 24.0 Å². The van der Waals surface area contributed by atoms with E-state index in [2.05, 4.69) is 63.2 Å². The van der Waals surface area contributed by atoms with Crippen LogP contribution in [0.5, 0.6) is 0 Å². The lowest BCUT2D eigenvalue weighted by molar-refractivity contribution is 0.147. The van der Waals surface area contributed by atoms with E-state index in [9.17, 15) is 0 Å². The zero-order chi connectivity index (χ0) is 20.3. The lowest BCUT2D eigenvalue weighted by Crippen LogP contribution is -2.45. The summed E-state index contributed by atoms with van der Waals surface area (Å²) in [4.78, 5) is 11.9.